The largest absolute Gasteiger partial charge is 1.00 e. The summed E-state index contributed by atoms with van der Waals surface area (Å²) in [6.45, 7) is 1.94. The minimum Gasteiger partial charge on any atom is -1.00 e. The molecular weight excluding hydrogens is 559 g/mol. The van der Waals surface area contributed by atoms with Crippen LogP contribution in [0.15, 0.2) is 48.5 Å². The third kappa shape index (κ3) is 13.3. The fourth-order valence-corrected chi connectivity index (χ4v) is 3.10. The van der Waals surface area contributed by atoms with E-state index in [1.165, 1.54) is 6.92 Å². The van der Waals surface area contributed by atoms with Crippen molar-refractivity contribution in [2.45, 2.75) is 32.7 Å². The van der Waals surface area contributed by atoms with Crippen molar-refractivity contribution in [2.24, 2.45) is 11.5 Å². The van der Waals surface area contributed by atoms with E-state index < -0.39 is 11.8 Å². The number of fused-ring (bicyclic) bond motifs is 2. The van der Waals surface area contributed by atoms with Gasteiger partial charge in [0.15, 0.2) is 11.4 Å². The van der Waals surface area contributed by atoms with Crippen LogP contribution in [0.3, 0.4) is 0 Å². The number of H-pyrrole nitrogens is 1. The number of aryl methyl sites for hydroxylation is 1. The molecule has 0 saturated heterocycles. The number of unbranched alkanes of at least 4 members (excludes halogenated alkanes) is 2. The van der Waals surface area contributed by atoms with E-state index >= 15 is 0 Å². The summed E-state index contributed by atoms with van der Waals surface area (Å²) in [5.41, 5.74) is 12.8. The minimum absolute atomic E-state index is 0. The fraction of sp³-hybridized carbons (Fsp3) is 0.208. The Morgan fingerprint density at radius 2 is 1.59 bits per heavy atom. The molecule has 0 bridgehead atoms. The van der Waals surface area contributed by atoms with E-state index in [0.29, 0.717) is 24.4 Å². The zero-order chi connectivity index (χ0) is 27.6. The minimum atomic E-state index is -0.512. The van der Waals surface area contributed by atoms with Crippen LogP contribution in [-0.2, 0) is 16.2 Å². The van der Waals surface area contributed by atoms with Crippen molar-refractivity contribution in [3.8, 4) is 12.1 Å². The molecular formula is C24H26K2N8O5. The summed E-state index contributed by atoms with van der Waals surface area (Å²) in [5.74, 6) is -1.02. The first-order chi connectivity index (χ1) is 17.9. The smallest absolute Gasteiger partial charge is 1.00 e. The molecule has 0 atom stereocenters. The van der Waals surface area contributed by atoms with E-state index in [2.05, 4.69) is 26.3 Å². The van der Waals surface area contributed by atoms with Crippen molar-refractivity contribution in [1.82, 2.24) is 20.0 Å². The summed E-state index contributed by atoms with van der Waals surface area (Å²) in [6.07, 6.45) is 2.23. The van der Waals surface area contributed by atoms with Gasteiger partial charge in [-0.05, 0) is 25.0 Å². The van der Waals surface area contributed by atoms with E-state index in [9.17, 15) is 9.59 Å². The quantitative estimate of drug-likeness (QED) is 0.0625. The van der Waals surface area contributed by atoms with Crippen LogP contribution in [0.5, 0.6) is 0 Å². The molecule has 2 aromatic carbocycles. The number of nitrogens with two attached hydrogens (primary N) is 2. The van der Waals surface area contributed by atoms with Gasteiger partial charge in [-0.1, -0.05) is 36.4 Å². The number of hydrogen-bond donors (Lipinski definition) is 3. The number of aromatic amines is 1. The van der Waals surface area contributed by atoms with Gasteiger partial charge in [-0.2, -0.15) is 20.7 Å². The van der Waals surface area contributed by atoms with E-state index in [4.69, 9.17) is 32.0 Å². The number of aromatic nitrogens is 4. The predicted octanol–water partition coefficient (Wildman–Crippen LogP) is -4.42. The molecule has 2 amide bonds. The number of primary amides is 2. The maximum absolute atomic E-state index is 11.3. The Balaban J connectivity index is -0.000000542. The molecule has 0 radical (unpaired) electrons. The fourth-order valence-electron chi connectivity index (χ4n) is 3.10. The average Bonchev–Trinajstić information content (AvgIpc) is 3.50. The van der Waals surface area contributed by atoms with Crippen LogP contribution in [0, 0.1) is 22.7 Å². The van der Waals surface area contributed by atoms with Crippen LogP contribution < -0.4 is 119 Å². The normalized spacial score (nSPS) is 8.72. The van der Waals surface area contributed by atoms with Crippen molar-refractivity contribution in [1.29, 1.82) is 10.5 Å². The molecule has 5 N–H and O–H groups in total. The number of amides is 2. The van der Waals surface area contributed by atoms with Crippen molar-refractivity contribution < 1.29 is 129 Å². The van der Waals surface area contributed by atoms with Gasteiger partial charge in [-0.15, -0.1) is 0 Å². The second-order valence-electron chi connectivity index (χ2n) is 6.97. The second-order valence-corrected chi connectivity index (χ2v) is 6.97. The molecule has 2 heterocycles. The topological polar surface area (TPSA) is 230 Å². The van der Waals surface area contributed by atoms with Crippen LogP contribution in [-0.4, -0.2) is 38.3 Å². The number of para-hydroxylation sites is 2. The Hall–Kier alpha value is -2.00. The van der Waals surface area contributed by atoms with Gasteiger partial charge >= 0.3 is 103 Å². The van der Waals surface area contributed by atoms with Gasteiger partial charge in [-0.25, -0.2) is 0 Å². The van der Waals surface area contributed by atoms with Crippen LogP contribution in [0.4, 0.5) is 0 Å². The predicted molar refractivity (Wildman–Crippen MR) is 132 cm³/mol. The first-order valence-corrected chi connectivity index (χ1v) is 10.7. The molecule has 15 heteroatoms. The second kappa shape index (κ2) is 22.8. The Bertz CT molecular complexity index is 1420. The van der Waals surface area contributed by atoms with Crippen LogP contribution in [0.1, 0.15) is 48.6 Å². The summed E-state index contributed by atoms with van der Waals surface area (Å²) >= 11 is 0. The molecule has 0 spiro atoms. The number of hydrogen-bond acceptors (Lipinski definition) is 9. The molecule has 0 aliphatic carbocycles. The summed E-state index contributed by atoms with van der Waals surface area (Å²) in [4.78, 5) is 33.4. The van der Waals surface area contributed by atoms with Gasteiger partial charge in [-0.3, -0.25) is 24.2 Å². The molecule has 4 aromatic rings. The summed E-state index contributed by atoms with van der Waals surface area (Å²) in [5, 5.41) is 36.5. The van der Waals surface area contributed by atoms with Gasteiger partial charge in [0.1, 0.15) is 0 Å². The number of carbonyl (C=O) groups is 3. The molecule has 0 fully saturated rings. The molecule has 0 aliphatic rings. The molecule has 194 valence electrons. The molecule has 4 rings (SSSR count). The first kappa shape index (κ1) is 39.1. The van der Waals surface area contributed by atoms with Gasteiger partial charge < -0.3 is 23.0 Å². The van der Waals surface area contributed by atoms with Crippen molar-refractivity contribution >= 4 is 40.1 Å². The Morgan fingerprint density at radius 3 is 2.13 bits per heavy atom. The molecule has 39 heavy (non-hydrogen) atoms. The average molecular weight is 585 g/mol. The SMILES string of the molecule is CC#N.N#CCCCCn1nc(C(N)=O)c2ccccc21.NC(=O)c1n[nH]c2ccccc12.O=CO[O-].[H-].[K+].[K+]. The molecule has 0 saturated carbocycles. The number of nitrogens with one attached hydrogen (secondary N) is 1. The molecule has 13 nitrogen and oxygen atoms in total. The summed E-state index contributed by atoms with van der Waals surface area (Å²) < 4.78 is 1.78. The van der Waals surface area contributed by atoms with Gasteiger partial charge in [0.05, 0.1) is 23.2 Å². The van der Waals surface area contributed by atoms with Crippen LogP contribution in [0.2, 0.25) is 0 Å². The van der Waals surface area contributed by atoms with Gasteiger partial charge in [0.25, 0.3) is 18.3 Å². The zero-order valence-corrected chi connectivity index (χ0v) is 28.2. The summed E-state index contributed by atoms with van der Waals surface area (Å²) in [6, 6.07) is 18.7. The third-order valence-corrected chi connectivity index (χ3v) is 4.54. The number of benzene rings is 2. The molecule has 0 aliphatic heterocycles. The van der Waals surface area contributed by atoms with Crippen LogP contribution in [0.25, 0.3) is 21.8 Å². The van der Waals surface area contributed by atoms with Gasteiger partial charge in [0, 0.05) is 30.7 Å². The van der Waals surface area contributed by atoms with E-state index in [1.54, 1.807) is 16.8 Å². The monoisotopic (exact) mass is 584 g/mol. The van der Waals surface area contributed by atoms with Crippen molar-refractivity contribution in [3.05, 3.63) is 59.9 Å². The Kier molecular flexibility index (Phi) is 22.9. The zero-order valence-electron chi connectivity index (χ0n) is 23.0. The van der Waals surface area contributed by atoms with E-state index in [0.717, 1.165) is 34.6 Å². The number of rotatable bonds is 7. The summed E-state index contributed by atoms with van der Waals surface area (Å²) in [7, 11) is 0. The molecule has 2 aromatic heterocycles. The van der Waals surface area contributed by atoms with Gasteiger partial charge in [0.2, 0.25) is 0 Å². The Labute approximate surface area is 311 Å². The maximum atomic E-state index is 11.3. The molecule has 0 unspecified atom stereocenters. The van der Waals surface area contributed by atoms with Crippen molar-refractivity contribution in [2.75, 3.05) is 0 Å². The maximum Gasteiger partial charge on any atom is 1.00 e. The number of carbonyl (C=O) groups excluding carboxylic acids is 3. The first-order valence-electron chi connectivity index (χ1n) is 10.7. The number of nitriles is 2. The Morgan fingerprint density at radius 1 is 1.05 bits per heavy atom. The van der Waals surface area contributed by atoms with E-state index in [-0.39, 0.29) is 111 Å². The van der Waals surface area contributed by atoms with Crippen molar-refractivity contribution in [3.63, 3.8) is 0 Å². The standard InChI is InChI=1S/C13H14N4O.C8H7N3O.C2H3N.CH2O3.2K.H/c14-8-4-1-5-9-17-11-7-3-2-6-10(11)12(16-17)13(15)18;9-8(12)7-5-3-1-2-4-6(5)10-11-7;1-2-3;2-1-4-3;;;/h2-3,6-7H,1,4-5,9H2,(H2,15,18);1-4H,(H2,9,12)(H,10,11);1H3;1,3H;;;/q;;;;2*+1;-1/p-1. The van der Waals surface area contributed by atoms with Crippen LogP contribution >= 0.6 is 0 Å². The number of nitrogens with zero attached hydrogens (tertiary/aromatic N) is 5. The van der Waals surface area contributed by atoms with E-state index in [1.807, 2.05) is 42.5 Å². The third-order valence-electron chi connectivity index (χ3n) is 4.54.